The van der Waals surface area contributed by atoms with Crippen molar-refractivity contribution in [3.63, 3.8) is 0 Å². The highest BCUT2D eigenvalue weighted by Crippen LogP contribution is 2.36. The van der Waals surface area contributed by atoms with Crippen molar-refractivity contribution in [3.05, 3.63) is 34.1 Å². The summed E-state index contributed by atoms with van der Waals surface area (Å²) >= 11 is 5.99. The molecule has 4 nitrogen and oxygen atoms in total. The summed E-state index contributed by atoms with van der Waals surface area (Å²) in [5, 5.41) is 0.182. The highest BCUT2D eigenvalue weighted by molar-refractivity contribution is 6.32. The summed E-state index contributed by atoms with van der Waals surface area (Å²) in [4.78, 5) is 16.1. The maximum atomic E-state index is 14.1. The zero-order valence-corrected chi connectivity index (χ0v) is 13.7. The Morgan fingerprint density at radius 2 is 1.96 bits per heavy atom. The van der Waals surface area contributed by atoms with Gasteiger partial charge < -0.3 is 9.47 Å². The van der Waals surface area contributed by atoms with Crippen molar-refractivity contribution in [1.82, 2.24) is 0 Å². The average molecular weight is 338 g/mol. The fraction of sp³-hybridized carbons (Fsp3) is 0.412. The summed E-state index contributed by atoms with van der Waals surface area (Å²) in [7, 11) is 0. The van der Waals surface area contributed by atoms with Crippen molar-refractivity contribution in [3.8, 4) is 5.75 Å². The Labute approximate surface area is 138 Å². The highest BCUT2D eigenvalue weighted by Gasteiger charge is 2.32. The lowest BCUT2D eigenvalue weighted by Gasteiger charge is -2.13. The molecule has 23 heavy (non-hydrogen) atoms. The summed E-state index contributed by atoms with van der Waals surface area (Å²) in [6.07, 6.45) is 3.25. The van der Waals surface area contributed by atoms with Crippen LogP contribution in [0.4, 0.5) is 10.1 Å². The molecule has 0 N–H and O–H groups in total. The van der Waals surface area contributed by atoms with Crippen LogP contribution in [0.3, 0.4) is 0 Å². The molecule has 0 radical (unpaired) electrons. The lowest BCUT2D eigenvalue weighted by molar-refractivity contribution is -0.130. The van der Waals surface area contributed by atoms with E-state index in [0.29, 0.717) is 17.7 Å². The van der Waals surface area contributed by atoms with Crippen LogP contribution in [0.15, 0.2) is 28.3 Å². The number of hydrogen-bond acceptors (Lipinski definition) is 4. The Morgan fingerprint density at radius 1 is 1.26 bits per heavy atom. The Morgan fingerprint density at radius 3 is 2.65 bits per heavy atom. The van der Waals surface area contributed by atoms with Crippen LogP contribution in [0.5, 0.6) is 5.75 Å². The van der Waals surface area contributed by atoms with Gasteiger partial charge in [-0.1, -0.05) is 11.6 Å². The summed E-state index contributed by atoms with van der Waals surface area (Å²) in [5.41, 5.74) is 1.51. The molecule has 0 bridgehead atoms. The first-order valence-electron chi connectivity index (χ1n) is 7.64. The number of hydrogen-bond donors (Lipinski definition) is 0. The molecular weight excluding hydrogens is 321 g/mol. The van der Waals surface area contributed by atoms with E-state index in [4.69, 9.17) is 21.1 Å². The van der Waals surface area contributed by atoms with Crippen molar-refractivity contribution in [2.75, 3.05) is 0 Å². The Balaban J connectivity index is 1.99. The van der Waals surface area contributed by atoms with Gasteiger partial charge in [0.05, 0.1) is 11.1 Å². The van der Waals surface area contributed by atoms with Crippen molar-refractivity contribution in [1.29, 1.82) is 0 Å². The van der Waals surface area contributed by atoms with Gasteiger partial charge in [-0.2, -0.15) is 0 Å². The monoisotopic (exact) mass is 337 g/mol. The van der Waals surface area contributed by atoms with Crippen LogP contribution in [0.2, 0.25) is 5.02 Å². The molecule has 0 atom stereocenters. The number of rotatable bonds is 3. The second kappa shape index (κ2) is 6.32. The molecule has 0 fully saturated rings. The van der Waals surface area contributed by atoms with Crippen molar-refractivity contribution < 1.29 is 18.7 Å². The van der Waals surface area contributed by atoms with E-state index < -0.39 is 5.82 Å². The molecule has 0 saturated carbocycles. The molecule has 6 heteroatoms. The predicted molar refractivity (Wildman–Crippen MR) is 85.9 cm³/mol. The molecule has 122 valence electrons. The fourth-order valence-corrected chi connectivity index (χ4v) is 2.92. The van der Waals surface area contributed by atoms with Crippen molar-refractivity contribution >= 4 is 29.2 Å². The third kappa shape index (κ3) is 3.24. The lowest BCUT2D eigenvalue weighted by Crippen LogP contribution is -2.06. The SMILES string of the molecule is CC(C)Oc1cc(N=C2OC(=O)C3=C2CCCC3)c(F)cc1Cl. The van der Waals surface area contributed by atoms with E-state index in [0.717, 1.165) is 30.9 Å². The van der Waals surface area contributed by atoms with Gasteiger partial charge in [0.25, 0.3) is 0 Å². The minimum atomic E-state index is -0.584. The van der Waals surface area contributed by atoms with Gasteiger partial charge in [-0.25, -0.2) is 14.2 Å². The highest BCUT2D eigenvalue weighted by atomic mass is 35.5. The van der Waals surface area contributed by atoms with Gasteiger partial charge in [-0.15, -0.1) is 0 Å². The zero-order valence-electron chi connectivity index (χ0n) is 13.0. The first-order chi connectivity index (χ1) is 11.0. The van der Waals surface area contributed by atoms with Gasteiger partial charge in [0.15, 0.2) is 5.82 Å². The maximum Gasteiger partial charge on any atom is 0.341 e. The molecule has 2 aliphatic rings. The number of cyclic esters (lactones) is 1. The van der Waals surface area contributed by atoms with Crippen LogP contribution in [-0.2, 0) is 9.53 Å². The Hall–Kier alpha value is -1.88. The number of esters is 1. The fourth-order valence-electron chi connectivity index (χ4n) is 2.73. The number of nitrogens with zero attached hydrogens (tertiary/aromatic N) is 1. The topological polar surface area (TPSA) is 47.9 Å². The number of aliphatic imine (C=N–C) groups is 1. The summed E-state index contributed by atoms with van der Waals surface area (Å²) in [6, 6.07) is 2.59. The van der Waals surface area contributed by atoms with Crippen LogP contribution in [0.1, 0.15) is 39.5 Å². The summed E-state index contributed by atoms with van der Waals surface area (Å²) < 4.78 is 24.9. The van der Waals surface area contributed by atoms with E-state index in [1.807, 2.05) is 13.8 Å². The van der Waals surface area contributed by atoms with E-state index >= 15 is 0 Å². The quantitative estimate of drug-likeness (QED) is 0.749. The summed E-state index contributed by atoms with van der Waals surface area (Å²) in [6.45, 7) is 3.70. The standard InChI is InChI=1S/C17H17ClFNO3/c1-9(2)22-15-8-14(13(19)7-12(15)18)20-16-10-5-3-4-6-11(10)17(21)23-16/h7-9H,3-6H2,1-2H3. The molecule has 0 aromatic heterocycles. The minimum absolute atomic E-state index is 0.0483. The second-order valence-corrected chi connectivity index (χ2v) is 6.28. The van der Waals surface area contributed by atoms with Gasteiger partial charge in [0, 0.05) is 17.2 Å². The van der Waals surface area contributed by atoms with Gasteiger partial charge >= 0.3 is 5.97 Å². The minimum Gasteiger partial charge on any atom is -0.489 e. The van der Waals surface area contributed by atoms with Gasteiger partial charge in [0.1, 0.15) is 11.4 Å². The molecule has 0 unspecified atom stereocenters. The van der Waals surface area contributed by atoms with Crippen LogP contribution in [0, 0.1) is 5.82 Å². The molecule has 0 spiro atoms. The Kier molecular flexibility index (Phi) is 4.39. The van der Waals surface area contributed by atoms with Gasteiger partial charge in [-0.05, 0) is 45.6 Å². The molecular formula is C17H17ClFNO3. The summed E-state index contributed by atoms with van der Waals surface area (Å²) in [5.74, 6) is -0.406. The van der Waals surface area contributed by atoms with E-state index in [1.165, 1.54) is 6.07 Å². The first-order valence-corrected chi connectivity index (χ1v) is 8.02. The van der Waals surface area contributed by atoms with Crippen molar-refractivity contribution in [2.45, 2.75) is 45.6 Å². The zero-order chi connectivity index (χ0) is 16.6. The second-order valence-electron chi connectivity index (χ2n) is 5.87. The van der Waals surface area contributed by atoms with Crippen LogP contribution in [0.25, 0.3) is 0 Å². The molecule has 1 aromatic rings. The lowest BCUT2D eigenvalue weighted by atomic mass is 9.93. The predicted octanol–water partition coefficient (Wildman–Crippen LogP) is 4.72. The van der Waals surface area contributed by atoms with Crippen molar-refractivity contribution in [2.24, 2.45) is 4.99 Å². The third-order valence-corrected chi connectivity index (χ3v) is 4.04. The number of ether oxygens (including phenoxy) is 2. The maximum absolute atomic E-state index is 14.1. The van der Waals surface area contributed by atoms with E-state index in [1.54, 1.807) is 0 Å². The first kappa shape index (κ1) is 16.0. The molecule has 0 amide bonds. The largest absolute Gasteiger partial charge is 0.489 e. The normalized spacial score (nSPS) is 19.3. The van der Waals surface area contributed by atoms with E-state index in [-0.39, 0.29) is 28.7 Å². The van der Waals surface area contributed by atoms with Crippen LogP contribution in [-0.4, -0.2) is 18.0 Å². The number of carbonyl (C=O) groups is 1. The number of benzene rings is 1. The van der Waals surface area contributed by atoms with E-state index in [9.17, 15) is 9.18 Å². The molecule has 1 aromatic carbocycles. The third-order valence-electron chi connectivity index (χ3n) is 3.75. The molecule has 1 aliphatic heterocycles. The Bertz CT molecular complexity index is 725. The molecule has 3 rings (SSSR count). The van der Waals surface area contributed by atoms with Crippen LogP contribution < -0.4 is 4.74 Å². The number of halogens is 2. The molecule has 0 saturated heterocycles. The van der Waals surface area contributed by atoms with Gasteiger partial charge in [-0.3, -0.25) is 0 Å². The number of carbonyl (C=O) groups excluding carboxylic acids is 1. The smallest absolute Gasteiger partial charge is 0.341 e. The average Bonchev–Trinajstić information content (AvgIpc) is 2.81. The molecule has 1 aliphatic carbocycles. The van der Waals surface area contributed by atoms with Crippen LogP contribution >= 0.6 is 11.6 Å². The molecule has 1 heterocycles. The van der Waals surface area contributed by atoms with Gasteiger partial charge in [0.2, 0.25) is 5.90 Å². The van der Waals surface area contributed by atoms with E-state index in [2.05, 4.69) is 4.99 Å².